The fourth-order valence-corrected chi connectivity index (χ4v) is 2.77. The van der Waals surface area contributed by atoms with E-state index in [1.54, 1.807) is 0 Å². The molecule has 2 aromatic carbocycles. The Hall–Kier alpha value is -2.80. The van der Waals surface area contributed by atoms with Crippen molar-refractivity contribution in [1.29, 1.82) is 5.26 Å². The lowest BCUT2D eigenvalue weighted by atomic mass is 10.2. The first kappa shape index (κ1) is 16.1. The van der Waals surface area contributed by atoms with Gasteiger partial charge in [0, 0.05) is 13.0 Å². The van der Waals surface area contributed by atoms with E-state index in [4.69, 9.17) is 15.0 Å². The molecule has 0 saturated carbocycles. The lowest BCUT2D eigenvalue weighted by Gasteiger charge is -2.11. The van der Waals surface area contributed by atoms with Crippen LogP contribution in [-0.2, 0) is 13.0 Å². The standard InChI is InChI=1S/C20H21N3O/c1-16(14-21)15-23-19-11-6-5-10-18(19)22-20(23)12-7-13-24-17-8-3-2-4-9-17/h2-6,8-11,16H,7,12-13,15H2,1H3. The number of ether oxygens (including phenoxy) is 1. The average molecular weight is 319 g/mol. The molecule has 0 amide bonds. The van der Waals surface area contributed by atoms with Gasteiger partial charge in [-0.25, -0.2) is 4.98 Å². The number of imidazole rings is 1. The van der Waals surface area contributed by atoms with E-state index < -0.39 is 0 Å². The number of nitriles is 1. The van der Waals surface area contributed by atoms with Crippen LogP contribution in [0.4, 0.5) is 0 Å². The molecule has 0 fully saturated rings. The van der Waals surface area contributed by atoms with Gasteiger partial charge in [0.25, 0.3) is 0 Å². The van der Waals surface area contributed by atoms with Crippen molar-refractivity contribution in [3.05, 3.63) is 60.4 Å². The lowest BCUT2D eigenvalue weighted by molar-refractivity contribution is 0.309. The number of hydrogen-bond donors (Lipinski definition) is 0. The van der Waals surface area contributed by atoms with Gasteiger partial charge in [0.05, 0.1) is 29.6 Å². The van der Waals surface area contributed by atoms with Crippen molar-refractivity contribution in [2.45, 2.75) is 26.3 Å². The minimum atomic E-state index is -0.0399. The molecular weight excluding hydrogens is 298 g/mol. The van der Waals surface area contributed by atoms with Crippen LogP contribution in [-0.4, -0.2) is 16.2 Å². The van der Waals surface area contributed by atoms with E-state index >= 15 is 0 Å². The quantitative estimate of drug-likeness (QED) is 0.613. The van der Waals surface area contributed by atoms with Gasteiger partial charge in [-0.15, -0.1) is 0 Å². The van der Waals surface area contributed by atoms with Crippen molar-refractivity contribution in [3.63, 3.8) is 0 Å². The fourth-order valence-electron chi connectivity index (χ4n) is 2.77. The monoisotopic (exact) mass is 319 g/mol. The largest absolute Gasteiger partial charge is 0.494 e. The fraction of sp³-hybridized carbons (Fsp3) is 0.300. The van der Waals surface area contributed by atoms with Gasteiger partial charge >= 0.3 is 0 Å². The molecule has 0 spiro atoms. The minimum Gasteiger partial charge on any atom is -0.494 e. The zero-order valence-electron chi connectivity index (χ0n) is 13.9. The summed E-state index contributed by atoms with van der Waals surface area (Å²) in [6.07, 6.45) is 1.72. The predicted molar refractivity (Wildman–Crippen MR) is 94.8 cm³/mol. The Morgan fingerprint density at radius 3 is 2.67 bits per heavy atom. The molecule has 0 saturated heterocycles. The van der Waals surface area contributed by atoms with Crippen molar-refractivity contribution in [2.75, 3.05) is 6.61 Å². The summed E-state index contributed by atoms with van der Waals surface area (Å²) in [5.74, 6) is 1.88. The Bertz CT molecular complexity index is 833. The Kier molecular flexibility index (Phi) is 5.12. The van der Waals surface area contributed by atoms with Crippen LogP contribution in [0.15, 0.2) is 54.6 Å². The van der Waals surface area contributed by atoms with Gasteiger partial charge in [0.2, 0.25) is 0 Å². The highest BCUT2D eigenvalue weighted by atomic mass is 16.5. The molecule has 3 aromatic rings. The highest BCUT2D eigenvalue weighted by molar-refractivity contribution is 5.75. The van der Waals surface area contributed by atoms with Gasteiger partial charge in [-0.3, -0.25) is 0 Å². The third kappa shape index (κ3) is 3.75. The smallest absolute Gasteiger partial charge is 0.119 e. The lowest BCUT2D eigenvalue weighted by Crippen LogP contribution is -2.11. The van der Waals surface area contributed by atoms with E-state index in [1.165, 1.54) is 0 Å². The summed E-state index contributed by atoms with van der Waals surface area (Å²) in [6, 6.07) is 20.2. The summed E-state index contributed by atoms with van der Waals surface area (Å²) in [4.78, 5) is 4.74. The highest BCUT2D eigenvalue weighted by Crippen LogP contribution is 2.19. The normalized spacial score (nSPS) is 12.0. The zero-order valence-corrected chi connectivity index (χ0v) is 13.9. The summed E-state index contributed by atoms with van der Waals surface area (Å²) in [5, 5.41) is 9.13. The van der Waals surface area contributed by atoms with Crippen molar-refractivity contribution >= 4 is 11.0 Å². The number of nitrogens with zero attached hydrogens (tertiary/aromatic N) is 3. The van der Waals surface area contributed by atoms with E-state index in [0.29, 0.717) is 13.2 Å². The molecule has 4 nitrogen and oxygen atoms in total. The maximum atomic E-state index is 9.13. The van der Waals surface area contributed by atoms with Crippen molar-refractivity contribution in [3.8, 4) is 11.8 Å². The molecule has 24 heavy (non-hydrogen) atoms. The van der Waals surface area contributed by atoms with E-state index in [1.807, 2.05) is 55.5 Å². The van der Waals surface area contributed by atoms with Crippen molar-refractivity contribution in [2.24, 2.45) is 5.92 Å². The molecule has 1 atom stereocenters. The molecule has 3 rings (SSSR count). The van der Waals surface area contributed by atoms with Crippen LogP contribution in [0.3, 0.4) is 0 Å². The SMILES string of the molecule is CC(C#N)Cn1c(CCCOc2ccccc2)nc2ccccc21. The van der Waals surface area contributed by atoms with E-state index in [0.717, 1.165) is 35.4 Å². The first-order valence-electron chi connectivity index (χ1n) is 8.29. The maximum Gasteiger partial charge on any atom is 0.119 e. The number of fused-ring (bicyclic) bond motifs is 1. The first-order chi connectivity index (χ1) is 11.8. The van der Waals surface area contributed by atoms with Crippen LogP contribution in [0.1, 0.15) is 19.2 Å². The highest BCUT2D eigenvalue weighted by Gasteiger charge is 2.12. The zero-order chi connectivity index (χ0) is 16.8. The molecule has 122 valence electrons. The maximum absolute atomic E-state index is 9.13. The number of rotatable bonds is 7. The number of benzene rings is 2. The van der Waals surface area contributed by atoms with Crippen molar-refractivity contribution < 1.29 is 4.74 Å². The van der Waals surface area contributed by atoms with Crippen LogP contribution < -0.4 is 4.74 Å². The summed E-state index contributed by atoms with van der Waals surface area (Å²) >= 11 is 0. The number of aromatic nitrogens is 2. The third-order valence-electron chi connectivity index (χ3n) is 3.97. The van der Waals surface area contributed by atoms with Crippen LogP contribution in [0, 0.1) is 17.2 Å². The Labute approximate surface area is 142 Å². The molecule has 1 heterocycles. The van der Waals surface area contributed by atoms with E-state index in [-0.39, 0.29) is 5.92 Å². The van der Waals surface area contributed by atoms with Crippen LogP contribution in [0.2, 0.25) is 0 Å². The number of aryl methyl sites for hydroxylation is 1. The van der Waals surface area contributed by atoms with Gasteiger partial charge in [-0.2, -0.15) is 5.26 Å². The van der Waals surface area contributed by atoms with Gasteiger partial charge in [-0.1, -0.05) is 30.3 Å². The molecule has 0 radical (unpaired) electrons. The van der Waals surface area contributed by atoms with Gasteiger partial charge in [-0.05, 0) is 37.6 Å². The first-order valence-corrected chi connectivity index (χ1v) is 8.29. The van der Waals surface area contributed by atoms with Gasteiger partial charge in [0.15, 0.2) is 0 Å². The summed E-state index contributed by atoms with van der Waals surface area (Å²) in [5.41, 5.74) is 2.08. The summed E-state index contributed by atoms with van der Waals surface area (Å²) < 4.78 is 7.93. The van der Waals surface area contributed by atoms with Crippen molar-refractivity contribution in [1.82, 2.24) is 9.55 Å². The molecule has 0 aliphatic heterocycles. The van der Waals surface area contributed by atoms with E-state index in [2.05, 4.69) is 16.7 Å². The Balaban J connectivity index is 1.69. The summed E-state index contributed by atoms with van der Waals surface area (Å²) in [7, 11) is 0. The van der Waals surface area contributed by atoms with Gasteiger partial charge in [0.1, 0.15) is 11.6 Å². The second-order valence-corrected chi connectivity index (χ2v) is 5.92. The topological polar surface area (TPSA) is 50.8 Å². The molecule has 1 unspecified atom stereocenters. The van der Waals surface area contributed by atoms with E-state index in [9.17, 15) is 0 Å². The second kappa shape index (κ2) is 7.65. The molecule has 0 N–H and O–H groups in total. The summed E-state index contributed by atoms with van der Waals surface area (Å²) in [6.45, 7) is 3.27. The number of para-hydroxylation sites is 3. The minimum absolute atomic E-state index is 0.0399. The molecular formula is C20H21N3O. The molecule has 0 bridgehead atoms. The predicted octanol–water partition coefficient (Wildman–Crippen LogP) is 4.21. The Morgan fingerprint density at radius 1 is 1.12 bits per heavy atom. The van der Waals surface area contributed by atoms with Crippen LogP contribution >= 0.6 is 0 Å². The number of hydrogen-bond acceptors (Lipinski definition) is 3. The van der Waals surface area contributed by atoms with Crippen LogP contribution in [0.25, 0.3) is 11.0 Å². The Morgan fingerprint density at radius 2 is 1.88 bits per heavy atom. The molecule has 4 heteroatoms. The average Bonchev–Trinajstić information content (AvgIpc) is 2.97. The van der Waals surface area contributed by atoms with Gasteiger partial charge < -0.3 is 9.30 Å². The second-order valence-electron chi connectivity index (χ2n) is 5.92. The molecule has 1 aromatic heterocycles. The third-order valence-corrected chi connectivity index (χ3v) is 3.97. The molecule has 0 aliphatic rings. The molecule has 0 aliphatic carbocycles. The van der Waals surface area contributed by atoms with Crippen LogP contribution in [0.5, 0.6) is 5.75 Å².